The molecule has 1 N–H and O–H groups in total. The van der Waals surface area contributed by atoms with Gasteiger partial charge in [-0.25, -0.2) is 9.97 Å². The van der Waals surface area contributed by atoms with Crippen LogP contribution >= 0.6 is 11.6 Å². The lowest BCUT2D eigenvalue weighted by Crippen LogP contribution is -2.03. The minimum atomic E-state index is 0.528. The highest BCUT2D eigenvalue weighted by Crippen LogP contribution is 2.23. The minimum absolute atomic E-state index is 0.528. The van der Waals surface area contributed by atoms with E-state index in [9.17, 15) is 0 Å². The van der Waals surface area contributed by atoms with Gasteiger partial charge in [0.1, 0.15) is 5.82 Å². The molecule has 0 saturated carbocycles. The van der Waals surface area contributed by atoms with Gasteiger partial charge >= 0.3 is 0 Å². The molecule has 5 heteroatoms. The lowest BCUT2D eigenvalue weighted by Gasteiger charge is -2.08. The van der Waals surface area contributed by atoms with Crippen molar-refractivity contribution >= 4 is 17.3 Å². The fourth-order valence-electron chi connectivity index (χ4n) is 1.52. The van der Waals surface area contributed by atoms with Crippen LogP contribution in [-0.2, 0) is 6.54 Å². The van der Waals surface area contributed by atoms with Crippen LogP contribution in [0.1, 0.15) is 17.1 Å². The normalized spacial score (nSPS) is 9.83. The largest absolute Gasteiger partial charge is 0.378 e. The summed E-state index contributed by atoms with van der Waals surface area (Å²) in [6, 6.07) is 9.03. The number of nitrogens with zero attached hydrogens (tertiary/aromatic N) is 3. The molecule has 0 bridgehead atoms. The maximum absolute atomic E-state index is 8.75. The van der Waals surface area contributed by atoms with Crippen LogP contribution in [-0.4, -0.2) is 9.97 Å². The van der Waals surface area contributed by atoms with Crippen LogP contribution in [0.2, 0.25) is 5.02 Å². The summed E-state index contributed by atoms with van der Waals surface area (Å²) in [4.78, 5) is 8.32. The Balaban J connectivity index is 2.09. The minimum Gasteiger partial charge on any atom is -0.378 e. The van der Waals surface area contributed by atoms with Crippen LogP contribution in [0.3, 0.4) is 0 Å². The summed E-state index contributed by atoms with van der Waals surface area (Å²) in [6.45, 7) is 2.41. The van der Waals surface area contributed by atoms with Gasteiger partial charge in [-0.3, -0.25) is 0 Å². The number of hydrogen-bond donors (Lipinski definition) is 1. The first-order valence-corrected chi connectivity index (χ1v) is 5.79. The zero-order valence-corrected chi connectivity index (χ0v) is 10.6. The molecule has 0 fully saturated rings. The Morgan fingerprint density at radius 2 is 2.22 bits per heavy atom. The SMILES string of the molecule is Cc1nccc(CNc2ccc(C#N)cc2Cl)n1. The van der Waals surface area contributed by atoms with E-state index in [1.54, 1.807) is 24.4 Å². The molecule has 90 valence electrons. The molecular formula is C13H11ClN4. The summed E-state index contributed by atoms with van der Waals surface area (Å²) in [5.74, 6) is 0.736. The van der Waals surface area contributed by atoms with Gasteiger partial charge in [-0.2, -0.15) is 5.26 Å². The van der Waals surface area contributed by atoms with Gasteiger partial charge < -0.3 is 5.32 Å². The predicted octanol–water partition coefficient (Wildman–Crippen LogP) is 2.92. The van der Waals surface area contributed by atoms with E-state index < -0.39 is 0 Å². The Kier molecular flexibility index (Phi) is 3.75. The van der Waals surface area contributed by atoms with Gasteiger partial charge in [0.05, 0.1) is 34.6 Å². The second kappa shape index (κ2) is 5.48. The molecule has 1 heterocycles. The van der Waals surface area contributed by atoms with Crippen molar-refractivity contribution in [2.75, 3.05) is 5.32 Å². The molecule has 0 aliphatic rings. The number of benzene rings is 1. The third-order valence-corrected chi connectivity index (χ3v) is 2.70. The van der Waals surface area contributed by atoms with E-state index in [4.69, 9.17) is 16.9 Å². The van der Waals surface area contributed by atoms with E-state index in [2.05, 4.69) is 15.3 Å². The molecule has 0 atom stereocenters. The molecule has 0 radical (unpaired) electrons. The van der Waals surface area contributed by atoms with Gasteiger partial charge in [-0.05, 0) is 31.2 Å². The topological polar surface area (TPSA) is 61.6 Å². The molecule has 0 spiro atoms. The summed E-state index contributed by atoms with van der Waals surface area (Å²) < 4.78 is 0. The Bertz CT molecular complexity index is 604. The lowest BCUT2D eigenvalue weighted by atomic mass is 10.2. The number of nitriles is 1. The van der Waals surface area contributed by atoms with Crippen molar-refractivity contribution in [3.8, 4) is 6.07 Å². The van der Waals surface area contributed by atoms with Gasteiger partial charge in [0, 0.05) is 6.20 Å². The van der Waals surface area contributed by atoms with Gasteiger partial charge in [0.15, 0.2) is 0 Å². The third kappa shape index (κ3) is 2.96. The standard InChI is InChI=1S/C13H11ClN4/c1-9-16-5-4-11(18-9)8-17-13-3-2-10(7-15)6-12(13)14/h2-6,17H,8H2,1H3. The molecule has 0 aliphatic heterocycles. The number of aromatic nitrogens is 2. The molecule has 4 nitrogen and oxygen atoms in total. The smallest absolute Gasteiger partial charge is 0.125 e. The van der Waals surface area contributed by atoms with E-state index in [-0.39, 0.29) is 0 Å². The van der Waals surface area contributed by atoms with E-state index >= 15 is 0 Å². The van der Waals surface area contributed by atoms with Gasteiger partial charge in [0.25, 0.3) is 0 Å². The molecule has 2 aromatic rings. The third-order valence-electron chi connectivity index (χ3n) is 2.39. The molecule has 0 amide bonds. The van der Waals surface area contributed by atoms with Crippen molar-refractivity contribution in [3.05, 3.63) is 52.6 Å². The molecule has 2 rings (SSSR count). The number of aryl methyl sites for hydroxylation is 1. The molecular weight excluding hydrogens is 248 g/mol. The summed E-state index contributed by atoms with van der Waals surface area (Å²) in [5.41, 5.74) is 2.22. The Hall–Kier alpha value is -2.12. The van der Waals surface area contributed by atoms with E-state index in [0.29, 0.717) is 17.1 Å². The van der Waals surface area contributed by atoms with E-state index in [1.807, 2.05) is 19.1 Å². The van der Waals surface area contributed by atoms with Crippen molar-refractivity contribution in [1.82, 2.24) is 9.97 Å². The van der Waals surface area contributed by atoms with Gasteiger partial charge in [0.2, 0.25) is 0 Å². The van der Waals surface area contributed by atoms with Gasteiger partial charge in [-0.15, -0.1) is 0 Å². The van der Waals surface area contributed by atoms with E-state index in [1.165, 1.54) is 0 Å². The van der Waals surface area contributed by atoms with Crippen molar-refractivity contribution in [2.45, 2.75) is 13.5 Å². The Morgan fingerprint density at radius 3 is 2.89 bits per heavy atom. The van der Waals surface area contributed by atoms with E-state index in [0.717, 1.165) is 17.2 Å². The van der Waals surface area contributed by atoms with Crippen LogP contribution in [0.25, 0.3) is 0 Å². The average Bonchev–Trinajstić information content (AvgIpc) is 2.37. The molecule has 0 aliphatic carbocycles. The molecule has 0 unspecified atom stereocenters. The van der Waals surface area contributed by atoms with Crippen LogP contribution in [0.15, 0.2) is 30.5 Å². The highest BCUT2D eigenvalue weighted by molar-refractivity contribution is 6.33. The lowest BCUT2D eigenvalue weighted by molar-refractivity contribution is 0.955. The first-order valence-electron chi connectivity index (χ1n) is 5.41. The summed E-state index contributed by atoms with van der Waals surface area (Å²) in [5, 5.41) is 12.4. The molecule has 1 aromatic carbocycles. The number of hydrogen-bond acceptors (Lipinski definition) is 4. The Labute approximate surface area is 110 Å². The number of rotatable bonds is 3. The Morgan fingerprint density at radius 1 is 1.39 bits per heavy atom. The first-order chi connectivity index (χ1) is 8.69. The van der Waals surface area contributed by atoms with Crippen molar-refractivity contribution in [1.29, 1.82) is 5.26 Å². The summed E-state index contributed by atoms with van der Waals surface area (Å²) >= 11 is 6.06. The molecule has 18 heavy (non-hydrogen) atoms. The summed E-state index contributed by atoms with van der Waals surface area (Å²) in [6.07, 6.45) is 1.72. The number of halogens is 1. The van der Waals surface area contributed by atoms with Crippen molar-refractivity contribution < 1.29 is 0 Å². The average molecular weight is 259 g/mol. The maximum atomic E-state index is 8.75. The quantitative estimate of drug-likeness (QED) is 0.920. The van der Waals surface area contributed by atoms with Crippen LogP contribution in [0.4, 0.5) is 5.69 Å². The monoisotopic (exact) mass is 258 g/mol. The predicted molar refractivity (Wildman–Crippen MR) is 70.3 cm³/mol. The fourth-order valence-corrected chi connectivity index (χ4v) is 1.76. The maximum Gasteiger partial charge on any atom is 0.125 e. The molecule has 1 aromatic heterocycles. The highest BCUT2D eigenvalue weighted by atomic mass is 35.5. The van der Waals surface area contributed by atoms with Gasteiger partial charge in [-0.1, -0.05) is 11.6 Å². The van der Waals surface area contributed by atoms with Crippen LogP contribution in [0, 0.1) is 18.3 Å². The number of nitrogens with one attached hydrogen (secondary N) is 1. The van der Waals surface area contributed by atoms with Crippen molar-refractivity contribution in [2.24, 2.45) is 0 Å². The highest BCUT2D eigenvalue weighted by Gasteiger charge is 2.02. The zero-order valence-electron chi connectivity index (χ0n) is 9.81. The second-order valence-electron chi connectivity index (χ2n) is 3.76. The van der Waals surface area contributed by atoms with Crippen molar-refractivity contribution in [3.63, 3.8) is 0 Å². The fraction of sp³-hybridized carbons (Fsp3) is 0.154. The zero-order chi connectivity index (χ0) is 13.0. The number of anilines is 1. The second-order valence-corrected chi connectivity index (χ2v) is 4.16. The van der Waals surface area contributed by atoms with Crippen LogP contribution in [0.5, 0.6) is 0 Å². The first kappa shape index (κ1) is 12.3. The van der Waals surface area contributed by atoms with Crippen LogP contribution < -0.4 is 5.32 Å². The molecule has 0 saturated heterocycles. The summed E-state index contributed by atoms with van der Waals surface area (Å²) in [7, 11) is 0.